The third-order valence-corrected chi connectivity index (χ3v) is 6.26. The Morgan fingerprint density at radius 3 is 2.71 bits per heavy atom. The highest BCUT2D eigenvalue weighted by molar-refractivity contribution is 9.11. The second-order valence-electron chi connectivity index (χ2n) is 3.65. The van der Waals surface area contributed by atoms with E-state index in [4.69, 9.17) is 6.42 Å². The molecule has 0 saturated heterocycles. The Kier molecular flexibility index (Phi) is 5.20. The Morgan fingerprint density at radius 1 is 1.65 bits per heavy atom. The van der Waals surface area contributed by atoms with Gasteiger partial charge in [0, 0.05) is 0 Å². The molecule has 1 atom stereocenters. The first kappa shape index (κ1) is 14.7. The maximum absolute atomic E-state index is 12.0. The fourth-order valence-corrected chi connectivity index (χ4v) is 4.71. The average Bonchev–Trinajstić information content (AvgIpc) is 2.59. The highest BCUT2D eigenvalue weighted by Crippen LogP contribution is 2.30. The number of thiophene rings is 1. The number of hydrogen-bond donors (Lipinski definition) is 1. The molecular formula is C11H14BrNO2S2. The Morgan fingerprint density at radius 2 is 2.29 bits per heavy atom. The molecule has 0 aliphatic heterocycles. The Labute approximate surface area is 115 Å². The SMILES string of the molecule is C#CC(CCC)NS(=O)(=O)c1cc(C)c(Br)s1. The number of terminal acetylenes is 1. The van der Waals surface area contributed by atoms with Crippen LogP contribution >= 0.6 is 27.3 Å². The van der Waals surface area contributed by atoms with Crippen molar-refractivity contribution in [3.8, 4) is 12.3 Å². The molecule has 0 aliphatic carbocycles. The van der Waals surface area contributed by atoms with Crippen LogP contribution in [0, 0.1) is 19.3 Å². The third-order valence-electron chi connectivity index (χ3n) is 2.18. The van der Waals surface area contributed by atoms with E-state index in [1.807, 2.05) is 13.8 Å². The first-order valence-electron chi connectivity index (χ1n) is 5.15. The summed E-state index contributed by atoms with van der Waals surface area (Å²) in [6.45, 7) is 3.81. The number of aryl methyl sites for hydroxylation is 1. The Hall–Kier alpha value is -0.350. The van der Waals surface area contributed by atoms with E-state index in [-0.39, 0.29) is 0 Å². The van der Waals surface area contributed by atoms with E-state index < -0.39 is 16.1 Å². The van der Waals surface area contributed by atoms with Gasteiger partial charge in [0.1, 0.15) is 4.21 Å². The largest absolute Gasteiger partial charge is 0.251 e. The molecule has 0 radical (unpaired) electrons. The van der Waals surface area contributed by atoms with E-state index in [9.17, 15) is 8.42 Å². The second-order valence-corrected chi connectivity index (χ2v) is 7.96. The first-order chi connectivity index (χ1) is 7.90. The highest BCUT2D eigenvalue weighted by Gasteiger charge is 2.21. The predicted molar refractivity (Wildman–Crippen MR) is 74.6 cm³/mol. The molecule has 1 heterocycles. The van der Waals surface area contributed by atoms with Crippen molar-refractivity contribution in [1.82, 2.24) is 4.72 Å². The monoisotopic (exact) mass is 335 g/mol. The van der Waals surface area contributed by atoms with Crippen molar-refractivity contribution in [3.63, 3.8) is 0 Å². The van der Waals surface area contributed by atoms with Crippen LogP contribution in [0.3, 0.4) is 0 Å². The van der Waals surface area contributed by atoms with Crippen LogP contribution < -0.4 is 4.72 Å². The van der Waals surface area contributed by atoms with Crippen LogP contribution in [0.5, 0.6) is 0 Å². The van der Waals surface area contributed by atoms with Crippen molar-refractivity contribution in [2.24, 2.45) is 0 Å². The maximum atomic E-state index is 12.0. The molecule has 17 heavy (non-hydrogen) atoms. The molecule has 0 spiro atoms. The van der Waals surface area contributed by atoms with Gasteiger partial charge < -0.3 is 0 Å². The van der Waals surface area contributed by atoms with E-state index in [0.29, 0.717) is 10.6 Å². The molecule has 0 fully saturated rings. The van der Waals surface area contributed by atoms with E-state index in [1.54, 1.807) is 6.07 Å². The molecule has 3 nitrogen and oxygen atoms in total. The van der Waals surface area contributed by atoms with Gasteiger partial charge in [0.2, 0.25) is 0 Å². The number of hydrogen-bond acceptors (Lipinski definition) is 3. The van der Waals surface area contributed by atoms with E-state index in [1.165, 1.54) is 11.3 Å². The van der Waals surface area contributed by atoms with Gasteiger partial charge in [0.25, 0.3) is 10.0 Å². The summed E-state index contributed by atoms with van der Waals surface area (Å²) in [5.41, 5.74) is 0.906. The Balaban J connectivity index is 2.93. The van der Waals surface area contributed by atoms with Crippen LogP contribution in [0.4, 0.5) is 0 Å². The number of nitrogens with one attached hydrogen (secondary N) is 1. The van der Waals surface area contributed by atoms with Gasteiger partial charge in [-0.15, -0.1) is 17.8 Å². The zero-order valence-corrected chi connectivity index (χ0v) is 12.9. The zero-order valence-electron chi connectivity index (χ0n) is 9.66. The standard InChI is InChI=1S/C11H14BrNO2S2/c1-4-6-9(5-2)13-17(14,15)10-7-8(3)11(12)16-10/h2,7,9,13H,4,6H2,1,3H3. The molecule has 6 heteroatoms. The Bertz CT molecular complexity index is 509. The minimum atomic E-state index is -3.50. The molecule has 1 rings (SSSR count). The second kappa shape index (κ2) is 6.01. The minimum Gasteiger partial charge on any atom is -0.206 e. The maximum Gasteiger partial charge on any atom is 0.251 e. The molecule has 0 aliphatic rings. The molecule has 0 aromatic carbocycles. The summed E-state index contributed by atoms with van der Waals surface area (Å²) >= 11 is 4.50. The van der Waals surface area contributed by atoms with Gasteiger partial charge in [-0.2, -0.15) is 4.72 Å². The molecule has 0 amide bonds. The van der Waals surface area contributed by atoms with Crippen molar-refractivity contribution in [2.45, 2.75) is 36.9 Å². The molecular weight excluding hydrogens is 322 g/mol. The summed E-state index contributed by atoms with van der Waals surface area (Å²) < 4.78 is 27.7. The summed E-state index contributed by atoms with van der Waals surface area (Å²) in [4.78, 5) is 0. The van der Waals surface area contributed by atoms with E-state index in [2.05, 4.69) is 26.6 Å². The number of sulfonamides is 1. The average molecular weight is 336 g/mol. The lowest BCUT2D eigenvalue weighted by Gasteiger charge is -2.11. The van der Waals surface area contributed by atoms with Gasteiger partial charge in [-0.05, 0) is 40.9 Å². The number of rotatable bonds is 5. The minimum absolute atomic E-state index is 0.290. The van der Waals surface area contributed by atoms with Gasteiger partial charge in [0.05, 0.1) is 9.83 Å². The summed E-state index contributed by atoms with van der Waals surface area (Å²) in [5.74, 6) is 2.45. The first-order valence-corrected chi connectivity index (χ1v) is 8.24. The third kappa shape index (κ3) is 3.81. The summed E-state index contributed by atoms with van der Waals surface area (Å²) in [6, 6.07) is 1.20. The van der Waals surface area contributed by atoms with Crippen LogP contribution in [-0.2, 0) is 10.0 Å². The molecule has 0 saturated carbocycles. The van der Waals surface area contributed by atoms with E-state index in [0.717, 1.165) is 15.8 Å². The van der Waals surface area contributed by atoms with Crippen LogP contribution in [0.2, 0.25) is 0 Å². The van der Waals surface area contributed by atoms with Crippen molar-refractivity contribution in [3.05, 3.63) is 15.4 Å². The fourth-order valence-electron chi connectivity index (χ4n) is 1.27. The van der Waals surface area contributed by atoms with Crippen LogP contribution in [-0.4, -0.2) is 14.5 Å². The molecule has 1 unspecified atom stereocenters. The quantitative estimate of drug-likeness (QED) is 0.841. The molecule has 0 bridgehead atoms. The van der Waals surface area contributed by atoms with Crippen molar-refractivity contribution >= 4 is 37.3 Å². The molecule has 1 aromatic heterocycles. The van der Waals surface area contributed by atoms with Crippen LogP contribution in [0.25, 0.3) is 0 Å². The van der Waals surface area contributed by atoms with Crippen molar-refractivity contribution < 1.29 is 8.42 Å². The van der Waals surface area contributed by atoms with Crippen molar-refractivity contribution in [2.75, 3.05) is 0 Å². The van der Waals surface area contributed by atoms with Gasteiger partial charge in [-0.3, -0.25) is 0 Å². The molecule has 1 N–H and O–H groups in total. The lowest BCUT2D eigenvalue weighted by atomic mass is 10.2. The van der Waals surface area contributed by atoms with E-state index >= 15 is 0 Å². The highest BCUT2D eigenvalue weighted by atomic mass is 79.9. The lowest BCUT2D eigenvalue weighted by Crippen LogP contribution is -2.33. The smallest absolute Gasteiger partial charge is 0.206 e. The van der Waals surface area contributed by atoms with Gasteiger partial charge in [-0.1, -0.05) is 19.3 Å². The van der Waals surface area contributed by atoms with Crippen LogP contribution in [0.1, 0.15) is 25.3 Å². The van der Waals surface area contributed by atoms with Gasteiger partial charge in [-0.25, -0.2) is 8.42 Å². The topological polar surface area (TPSA) is 46.2 Å². The lowest BCUT2D eigenvalue weighted by molar-refractivity contribution is 0.566. The summed E-state index contributed by atoms with van der Waals surface area (Å²) in [7, 11) is -3.50. The summed E-state index contributed by atoms with van der Waals surface area (Å²) in [6.07, 6.45) is 6.77. The fraction of sp³-hybridized carbons (Fsp3) is 0.455. The predicted octanol–water partition coefficient (Wildman–Crippen LogP) is 2.90. The zero-order chi connectivity index (χ0) is 13.1. The van der Waals surface area contributed by atoms with Crippen LogP contribution in [0.15, 0.2) is 14.1 Å². The van der Waals surface area contributed by atoms with Gasteiger partial charge in [0.15, 0.2) is 0 Å². The number of halogens is 1. The molecule has 1 aromatic rings. The van der Waals surface area contributed by atoms with Crippen molar-refractivity contribution in [1.29, 1.82) is 0 Å². The summed E-state index contributed by atoms with van der Waals surface area (Å²) in [5, 5.41) is 0. The normalized spacial score (nSPS) is 13.3. The van der Waals surface area contributed by atoms with Gasteiger partial charge >= 0.3 is 0 Å². The molecule has 94 valence electrons.